The molecule has 2 aliphatic rings. The highest BCUT2D eigenvalue weighted by Crippen LogP contribution is 2.50. The van der Waals surface area contributed by atoms with Crippen LogP contribution in [0, 0.1) is 0 Å². The van der Waals surface area contributed by atoms with Crippen LogP contribution in [0.3, 0.4) is 0 Å². The SMILES string of the molecule is CCCCOC(=O)c1ccc2c3c(Br)cc4c5c(ccc(c6c(Br)cc(C(=O)OCCCC)c1c26)c53)C(=O)N(C1CCCCC1)C4=O. The molecule has 0 atom stereocenters. The summed E-state index contributed by atoms with van der Waals surface area (Å²) in [5.41, 5.74) is 1.57. The molecule has 1 heterocycles. The predicted octanol–water partition coefficient (Wildman–Crippen LogP) is 10.1. The van der Waals surface area contributed by atoms with E-state index in [-0.39, 0.29) is 42.2 Å². The number of esters is 2. The molecule has 0 unspecified atom stereocenters. The zero-order valence-electron chi connectivity index (χ0n) is 26.5. The predicted molar refractivity (Wildman–Crippen MR) is 191 cm³/mol. The number of carbonyl (C=O) groups is 4. The van der Waals surface area contributed by atoms with Gasteiger partial charge in [0.05, 0.1) is 24.3 Å². The average Bonchev–Trinajstić information content (AvgIpc) is 3.07. The lowest BCUT2D eigenvalue weighted by atomic mass is 9.82. The van der Waals surface area contributed by atoms with Crippen LogP contribution < -0.4 is 0 Å². The molecular weight excluding hydrogens is 726 g/mol. The van der Waals surface area contributed by atoms with Crippen molar-refractivity contribution in [2.75, 3.05) is 13.2 Å². The second-order valence-electron chi connectivity index (χ2n) is 12.6. The molecule has 1 aliphatic carbocycles. The standard InChI is InChI=1S/C38H35Br2NO6/c1-3-5-16-46-37(44)24-15-13-22-31-27(39)18-25-29-23(35(42)41(36(25)43)20-10-8-7-9-11-20)14-12-21(33(29)31)32-28(40)19-26(30(24)34(22)32)38(45)47-17-6-4-2/h12-15,18-20H,3-11,16-17H2,1-2H3. The number of imide groups is 1. The van der Waals surface area contributed by atoms with Gasteiger partial charge in [-0.25, -0.2) is 9.59 Å². The van der Waals surface area contributed by atoms with E-state index in [1.54, 1.807) is 12.1 Å². The molecule has 1 aliphatic heterocycles. The molecule has 5 aromatic rings. The van der Waals surface area contributed by atoms with Gasteiger partial charge in [0.25, 0.3) is 11.8 Å². The van der Waals surface area contributed by atoms with Gasteiger partial charge in [-0.15, -0.1) is 0 Å². The number of unbranched alkanes of at least 4 members (excludes halogenated alkanes) is 2. The topological polar surface area (TPSA) is 90.0 Å². The Morgan fingerprint density at radius 1 is 0.681 bits per heavy atom. The smallest absolute Gasteiger partial charge is 0.338 e. The largest absolute Gasteiger partial charge is 0.462 e. The Bertz CT molecular complexity index is 2120. The van der Waals surface area contributed by atoms with Crippen LogP contribution >= 0.6 is 31.9 Å². The van der Waals surface area contributed by atoms with Gasteiger partial charge in [0.15, 0.2) is 0 Å². The van der Waals surface area contributed by atoms with Gasteiger partial charge in [0.1, 0.15) is 0 Å². The molecule has 2 amide bonds. The van der Waals surface area contributed by atoms with E-state index in [0.717, 1.165) is 84.7 Å². The molecule has 0 aromatic heterocycles. The fourth-order valence-electron chi connectivity index (χ4n) is 7.48. The van der Waals surface area contributed by atoms with Gasteiger partial charge < -0.3 is 9.47 Å². The molecule has 7 nitrogen and oxygen atoms in total. The Balaban J connectivity index is 1.54. The second kappa shape index (κ2) is 12.8. The van der Waals surface area contributed by atoms with Crippen molar-refractivity contribution in [1.82, 2.24) is 4.90 Å². The highest BCUT2D eigenvalue weighted by Gasteiger charge is 2.39. The van der Waals surface area contributed by atoms with Crippen LogP contribution in [0.25, 0.3) is 43.1 Å². The lowest BCUT2D eigenvalue weighted by Gasteiger charge is -2.36. The van der Waals surface area contributed by atoms with Crippen LogP contribution in [0.15, 0.2) is 45.3 Å². The number of hydrogen-bond acceptors (Lipinski definition) is 6. The van der Waals surface area contributed by atoms with Crippen molar-refractivity contribution >= 4 is 98.7 Å². The summed E-state index contributed by atoms with van der Waals surface area (Å²) in [6.07, 6.45) is 7.97. The fourth-order valence-corrected chi connectivity index (χ4v) is 8.76. The number of amides is 2. The number of fused-ring (bicyclic) bond motifs is 2. The van der Waals surface area contributed by atoms with Crippen LogP contribution in [-0.2, 0) is 9.47 Å². The van der Waals surface area contributed by atoms with Crippen molar-refractivity contribution < 1.29 is 28.7 Å². The van der Waals surface area contributed by atoms with E-state index in [4.69, 9.17) is 9.47 Å². The Kier molecular flexibility index (Phi) is 8.72. The number of halogens is 2. The number of carbonyl (C=O) groups excluding carboxylic acids is 4. The third-order valence-corrected chi connectivity index (χ3v) is 11.0. The number of hydrogen-bond donors (Lipinski definition) is 0. The molecule has 9 heteroatoms. The van der Waals surface area contributed by atoms with Crippen molar-refractivity contribution in [3.8, 4) is 0 Å². The maximum atomic E-state index is 14.1. The van der Waals surface area contributed by atoms with Gasteiger partial charge in [-0.1, -0.05) is 89.9 Å². The van der Waals surface area contributed by atoms with E-state index < -0.39 is 11.9 Å². The summed E-state index contributed by atoms with van der Waals surface area (Å²) >= 11 is 7.58. The molecule has 0 spiro atoms. The first-order chi connectivity index (χ1) is 22.8. The number of nitrogens with zero attached hydrogens (tertiary/aromatic N) is 1. The van der Waals surface area contributed by atoms with Crippen molar-refractivity contribution in [3.05, 3.63) is 67.6 Å². The molecule has 5 aromatic carbocycles. The van der Waals surface area contributed by atoms with Crippen LogP contribution in [-0.4, -0.2) is 47.9 Å². The van der Waals surface area contributed by atoms with Gasteiger partial charge in [0, 0.05) is 58.4 Å². The van der Waals surface area contributed by atoms with E-state index in [0.29, 0.717) is 36.2 Å². The summed E-state index contributed by atoms with van der Waals surface area (Å²) in [5.74, 6) is -1.53. The van der Waals surface area contributed by atoms with Gasteiger partial charge >= 0.3 is 11.9 Å². The normalized spacial score (nSPS) is 15.4. The first-order valence-corrected chi connectivity index (χ1v) is 18.2. The zero-order valence-corrected chi connectivity index (χ0v) is 29.6. The summed E-state index contributed by atoms with van der Waals surface area (Å²) in [7, 11) is 0. The first kappa shape index (κ1) is 32.0. The van der Waals surface area contributed by atoms with Gasteiger partial charge in [0.2, 0.25) is 0 Å². The Labute approximate surface area is 289 Å². The first-order valence-electron chi connectivity index (χ1n) is 16.6. The highest BCUT2D eigenvalue weighted by molar-refractivity contribution is 9.11. The molecule has 7 rings (SSSR count). The maximum absolute atomic E-state index is 14.1. The zero-order chi connectivity index (χ0) is 33.0. The Morgan fingerprint density at radius 2 is 1.23 bits per heavy atom. The van der Waals surface area contributed by atoms with Crippen molar-refractivity contribution in [3.63, 3.8) is 0 Å². The quantitative estimate of drug-likeness (QED) is 0.0489. The van der Waals surface area contributed by atoms with Crippen molar-refractivity contribution in [2.45, 2.75) is 77.7 Å². The number of rotatable bonds is 9. The molecule has 0 saturated heterocycles. The van der Waals surface area contributed by atoms with E-state index in [9.17, 15) is 19.2 Å². The third kappa shape index (κ3) is 5.12. The monoisotopic (exact) mass is 759 g/mol. The van der Waals surface area contributed by atoms with Crippen LogP contribution in [0.4, 0.5) is 0 Å². The highest BCUT2D eigenvalue weighted by atomic mass is 79.9. The molecule has 0 N–H and O–H groups in total. The van der Waals surface area contributed by atoms with E-state index in [1.807, 2.05) is 38.1 Å². The Hall–Kier alpha value is -3.56. The molecular formula is C38H35Br2NO6. The lowest BCUT2D eigenvalue weighted by molar-refractivity contribution is 0.0486. The summed E-state index contributed by atoms with van der Waals surface area (Å²) in [6.45, 7) is 4.60. The van der Waals surface area contributed by atoms with Crippen LogP contribution in [0.5, 0.6) is 0 Å². The van der Waals surface area contributed by atoms with Crippen LogP contribution in [0.1, 0.15) is 113 Å². The minimum atomic E-state index is -0.514. The van der Waals surface area contributed by atoms with Gasteiger partial charge in [-0.05, 0) is 60.7 Å². The summed E-state index contributed by atoms with van der Waals surface area (Å²) < 4.78 is 12.7. The third-order valence-electron chi connectivity index (χ3n) is 9.75. The molecule has 0 bridgehead atoms. The van der Waals surface area contributed by atoms with Gasteiger partial charge in [-0.2, -0.15) is 0 Å². The minimum absolute atomic E-state index is 0.104. The second-order valence-corrected chi connectivity index (χ2v) is 14.3. The summed E-state index contributed by atoms with van der Waals surface area (Å²) in [5, 5.41) is 5.77. The Morgan fingerprint density at radius 3 is 1.87 bits per heavy atom. The van der Waals surface area contributed by atoms with E-state index in [1.165, 1.54) is 4.90 Å². The summed E-state index contributed by atoms with van der Waals surface area (Å²) in [4.78, 5) is 56.9. The number of ether oxygens (including phenoxy) is 2. The molecule has 1 fully saturated rings. The lowest BCUT2D eigenvalue weighted by Crippen LogP contribution is -2.47. The van der Waals surface area contributed by atoms with Crippen LogP contribution in [0.2, 0.25) is 0 Å². The van der Waals surface area contributed by atoms with E-state index >= 15 is 0 Å². The molecule has 1 saturated carbocycles. The molecule has 242 valence electrons. The summed E-state index contributed by atoms with van der Waals surface area (Å²) in [6, 6.07) is 10.8. The number of benzene rings is 5. The minimum Gasteiger partial charge on any atom is -0.462 e. The molecule has 0 radical (unpaired) electrons. The van der Waals surface area contributed by atoms with E-state index in [2.05, 4.69) is 31.9 Å². The molecule has 47 heavy (non-hydrogen) atoms. The van der Waals surface area contributed by atoms with Crippen molar-refractivity contribution in [1.29, 1.82) is 0 Å². The maximum Gasteiger partial charge on any atom is 0.338 e. The van der Waals surface area contributed by atoms with Gasteiger partial charge in [-0.3, -0.25) is 14.5 Å². The fraction of sp³-hybridized carbons (Fsp3) is 0.368. The average molecular weight is 762 g/mol. The van der Waals surface area contributed by atoms with Crippen molar-refractivity contribution in [2.24, 2.45) is 0 Å².